The highest BCUT2D eigenvalue weighted by Crippen LogP contribution is 2.25. The number of benzene rings is 1. The first kappa shape index (κ1) is 14.2. The molecule has 0 unspecified atom stereocenters. The fourth-order valence-electron chi connectivity index (χ4n) is 3.44. The molecule has 1 aliphatic heterocycles. The topological polar surface area (TPSA) is 51.3 Å². The second kappa shape index (κ2) is 6.01. The SMILES string of the molecule is O=c1oc2ccccc2n1[C@@H]1CCCN(Cc2ccccn2)C1. The molecular weight excluding hydrogens is 290 g/mol. The van der Waals surface area contributed by atoms with Gasteiger partial charge in [0.25, 0.3) is 0 Å². The van der Waals surface area contributed by atoms with E-state index in [1.807, 2.05) is 53.2 Å². The molecule has 0 saturated carbocycles. The number of nitrogens with zero attached hydrogens (tertiary/aromatic N) is 3. The van der Waals surface area contributed by atoms with E-state index in [2.05, 4.69) is 9.88 Å². The van der Waals surface area contributed by atoms with Gasteiger partial charge >= 0.3 is 5.76 Å². The lowest BCUT2D eigenvalue weighted by molar-refractivity contribution is 0.166. The third-order valence-electron chi connectivity index (χ3n) is 4.48. The van der Waals surface area contributed by atoms with E-state index in [4.69, 9.17) is 4.42 Å². The van der Waals surface area contributed by atoms with Crippen molar-refractivity contribution in [2.24, 2.45) is 0 Å². The van der Waals surface area contributed by atoms with Gasteiger partial charge in [0.1, 0.15) is 0 Å². The van der Waals surface area contributed by atoms with Crippen LogP contribution in [-0.2, 0) is 6.54 Å². The summed E-state index contributed by atoms with van der Waals surface area (Å²) in [6.45, 7) is 2.71. The fourth-order valence-corrected chi connectivity index (χ4v) is 3.44. The predicted molar refractivity (Wildman–Crippen MR) is 88.3 cm³/mol. The first-order valence-corrected chi connectivity index (χ1v) is 8.03. The smallest absolute Gasteiger partial charge is 0.408 e. The number of oxazole rings is 1. The number of likely N-dealkylation sites (tertiary alicyclic amines) is 1. The molecule has 0 aliphatic carbocycles. The van der Waals surface area contributed by atoms with Crippen LogP contribution < -0.4 is 5.76 Å². The summed E-state index contributed by atoms with van der Waals surface area (Å²) in [6.07, 6.45) is 3.90. The predicted octanol–water partition coefficient (Wildman–Crippen LogP) is 2.83. The Morgan fingerprint density at radius 2 is 2.04 bits per heavy atom. The van der Waals surface area contributed by atoms with Gasteiger partial charge in [-0.2, -0.15) is 0 Å². The van der Waals surface area contributed by atoms with E-state index < -0.39 is 0 Å². The zero-order chi connectivity index (χ0) is 15.6. The Hall–Kier alpha value is -2.40. The Balaban J connectivity index is 1.59. The van der Waals surface area contributed by atoms with Crippen LogP contribution in [0.2, 0.25) is 0 Å². The minimum Gasteiger partial charge on any atom is -0.408 e. The van der Waals surface area contributed by atoms with Gasteiger partial charge in [0.2, 0.25) is 0 Å². The van der Waals surface area contributed by atoms with Gasteiger partial charge in [0.15, 0.2) is 5.58 Å². The summed E-state index contributed by atoms with van der Waals surface area (Å²) in [5.74, 6) is -0.254. The first-order chi connectivity index (χ1) is 11.3. The van der Waals surface area contributed by atoms with Crippen LogP contribution in [0.25, 0.3) is 11.1 Å². The van der Waals surface area contributed by atoms with Gasteiger partial charge in [-0.3, -0.25) is 14.5 Å². The zero-order valence-electron chi connectivity index (χ0n) is 12.9. The molecule has 1 saturated heterocycles. The lowest BCUT2D eigenvalue weighted by Gasteiger charge is -2.32. The summed E-state index contributed by atoms with van der Waals surface area (Å²) >= 11 is 0. The lowest BCUT2D eigenvalue weighted by Crippen LogP contribution is -2.38. The molecule has 2 aromatic heterocycles. The lowest BCUT2D eigenvalue weighted by atomic mass is 10.0. The third kappa shape index (κ3) is 2.80. The second-order valence-corrected chi connectivity index (χ2v) is 6.06. The number of hydrogen-bond acceptors (Lipinski definition) is 4. The molecule has 3 heterocycles. The summed E-state index contributed by atoms with van der Waals surface area (Å²) < 4.78 is 7.20. The monoisotopic (exact) mass is 309 g/mol. The summed E-state index contributed by atoms with van der Waals surface area (Å²) in [5, 5.41) is 0. The number of pyridine rings is 1. The average Bonchev–Trinajstić information content (AvgIpc) is 2.92. The third-order valence-corrected chi connectivity index (χ3v) is 4.48. The number of fused-ring (bicyclic) bond motifs is 1. The molecule has 0 bridgehead atoms. The molecule has 0 radical (unpaired) electrons. The molecule has 5 nitrogen and oxygen atoms in total. The van der Waals surface area contributed by atoms with Crippen LogP contribution in [-0.4, -0.2) is 27.5 Å². The number of para-hydroxylation sites is 2. The average molecular weight is 309 g/mol. The minimum absolute atomic E-state index is 0.156. The molecule has 0 spiro atoms. The highest BCUT2D eigenvalue weighted by Gasteiger charge is 2.25. The molecule has 0 N–H and O–H groups in total. The highest BCUT2D eigenvalue weighted by molar-refractivity contribution is 5.72. The molecule has 0 amide bonds. The Bertz CT molecular complexity index is 853. The quantitative estimate of drug-likeness (QED) is 0.746. The van der Waals surface area contributed by atoms with Crippen molar-refractivity contribution in [1.29, 1.82) is 0 Å². The molecule has 4 rings (SSSR count). The van der Waals surface area contributed by atoms with Crippen molar-refractivity contribution in [3.63, 3.8) is 0 Å². The van der Waals surface area contributed by atoms with Gasteiger partial charge in [0, 0.05) is 19.3 Å². The Morgan fingerprint density at radius 1 is 1.17 bits per heavy atom. The molecule has 5 heteroatoms. The van der Waals surface area contributed by atoms with Gasteiger partial charge in [-0.15, -0.1) is 0 Å². The Kier molecular flexibility index (Phi) is 3.71. The molecule has 1 aromatic carbocycles. The first-order valence-electron chi connectivity index (χ1n) is 8.03. The molecule has 1 atom stereocenters. The maximum atomic E-state index is 12.3. The summed E-state index contributed by atoms with van der Waals surface area (Å²) in [6, 6.07) is 13.8. The van der Waals surface area contributed by atoms with Crippen molar-refractivity contribution in [3.8, 4) is 0 Å². The molecule has 23 heavy (non-hydrogen) atoms. The number of aromatic nitrogens is 2. The maximum absolute atomic E-state index is 12.3. The number of piperidine rings is 1. The summed E-state index contributed by atoms with van der Waals surface area (Å²) in [4.78, 5) is 19.0. The fraction of sp³-hybridized carbons (Fsp3) is 0.333. The van der Waals surface area contributed by atoms with Crippen molar-refractivity contribution in [2.45, 2.75) is 25.4 Å². The molecule has 3 aromatic rings. The van der Waals surface area contributed by atoms with Crippen molar-refractivity contribution < 1.29 is 4.42 Å². The van der Waals surface area contributed by atoms with E-state index in [1.54, 1.807) is 0 Å². The van der Waals surface area contributed by atoms with Crippen LogP contribution in [0, 0.1) is 0 Å². The van der Waals surface area contributed by atoms with Crippen molar-refractivity contribution in [2.75, 3.05) is 13.1 Å². The second-order valence-electron chi connectivity index (χ2n) is 6.06. The van der Waals surface area contributed by atoms with Gasteiger partial charge < -0.3 is 4.42 Å². The van der Waals surface area contributed by atoms with Crippen LogP contribution >= 0.6 is 0 Å². The highest BCUT2D eigenvalue weighted by atomic mass is 16.4. The normalized spacial score (nSPS) is 19.2. The number of hydrogen-bond donors (Lipinski definition) is 0. The van der Waals surface area contributed by atoms with Crippen molar-refractivity contribution in [3.05, 3.63) is 64.9 Å². The van der Waals surface area contributed by atoms with E-state index in [0.29, 0.717) is 5.58 Å². The minimum atomic E-state index is -0.254. The van der Waals surface area contributed by atoms with Crippen molar-refractivity contribution >= 4 is 11.1 Å². The Labute approximate surface area is 134 Å². The van der Waals surface area contributed by atoms with Crippen LogP contribution in [0.15, 0.2) is 57.9 Å². The Morgan fingerprint density at radius 3 is 2.91 bits per heavy atom. The maximum Gasteiger partial charge on any atom is 0.420 e. The molecular formula is C18H19N3O2. The largest absolute Gasteiger partial charge is 0.420 e. The van der Waals surface area contributed by atoms with Crippen LogP contribution in [0.1, 0.15) is 24.6 Å². The van der Waals surface area contributed by atoms with E-state index in [1.165, 1.54) is 0 Å². The standard InChI is InChI=1S/C18H19N3O2/c22-18-21(16-8-1-2-9-17(16)23-18)15-7-5-11-20(13-15)12-14-6-3-4-10-19-14/h1-4,6,8-10,15H,5,7,11-13H2/t15-/m1/s1. The zero-order valence-corrected chi connectivity index (χ0v) is 12.9. The van der Waals surface area contributed by atoms with Crippen LogP contribution in [0.4, 0.5) is 0 Å². The van der Waals surface area contributed by atoms with E-state index in [9.17, 15) is 4.79 Å². The van der Waals surface area contributed by atoms with Crippen molar-refractivity contribution in [1.82, 2.24) is 14.5 Å². The molecule has 118 valence electrons. The van der Waals surface area contributed by atoms with E-state index in [-0.39, 0.29) is 11.8 Å². The van der Waals surface area contributed by atoms with Gasteiger partial charge in [-0.25, -0.2) is 4.79 Å². The van der Waals surface area contributed by atoms with Gasteiger partial charge in [-0.05, 0) is 43.7 Å². The van der Waals surface area contributed by atoms with Crippen LogP contribution in [0.5, 0.6) is 0 Å². The molecule has 1 fully saturated rings. The number of rotatable bonds is 3. The van der Waals surface area contributed by atoms with E-state index in [0.717, 1.165) is 43.7 Å². The summed E-state index contributed by atoms with van der Waals surface area (Å²) in [7, 11) is 0. The van der Waals surface area contributed by atoms with E-state index >= 15 is 0 Å². The van der Waals surface area contributed by atoms with Gasteiger partial charge in [0.05, 0.1) is 17.3 Å². The van der Waals surface area contributed by atoms with Gasteiger partial charge in [-0.1, -0.05) is 18.2 Å². The molecule has 1 aliphatic rings. The summed E-state index contributed by atoms with van der Waals surface area (Å²) in [5.41, 5.74) is 2.62. The van der Waals surface area contributed by atoms with Crippen LogP contribution in [0.3, 0.4) is 0 Å².